The van der Waals surface area contributed by atoms with Gasteiger partial charge in [0.05, 0.1) is 23.1 Å². The van der Waals surface area contributed by atoms with Crippen molar-refractivity contribution in [1.82, 2.24) is 10.2 Å². The van der Waals surface area contributed by atoms with Gasteiger partial charge in [-0.3, -0.25) is 5.10 Å². The van der Waals surface area contributed by atoms with Crippen LogP contribution in [0.5, 0.6) is 0 Å². The smallest absolute Gasteiger partial charge is 0.335 e. The van der Waals surface area contributed by atoms with E-state index < -0.39 is 5.97 Å². The largest absolute Gasteiger partial charge is 0.478 e. The van der Waals surface area contributed by atoms with E-state index in [1.165, 1.54) is 36.9 Å². The molecule has 2 aromatic carbocycles. The minimum Gasteiger partial charge on any atom is -0.478 e. The topological polar surface area (TPSA) is 81.2 Å². The molecule has 7 heteroatoms. The first-order valence-corrected chi connectivity index (χ1v) is 11.1. The summed E-state index contributed by atoms with van der Waals surface area (Å²) in [5, 5.41) is 16.3. The number of piperidine rings is 1. The first kappa shape index (κ1) is 20.3. The molecule has 1 aliphatic rings. The van der Waals surface area contributed by atoms with Crippen LogP contribution in [0.25, 0.3) is 11.1 Å². The van der Waals surface area contributed by atoms with E-state index in [0.29, 0.717) is 5.56 Å². The number of H-pyrrole nitrogens is 1. The Morgan fingerprint density at radius 3 is 2.70 bits per heavy atom. The maximum absolute atomic E-state index is 11.4. The average Bonchev–Trinajstić information content (AvgIpc) is 3.33. The Morgan fingerprint density at radius 2 is 2.00 bits per heavy atom. The highest BCUT2D eigenvalue weighted by Crippen LogP contribution is 2.36. The maximum atomic E-state index is 11.4. The number of aromatic nitrogens is 2. The van der Waals surface area contributed by atoms with Crippen molar-refractivity contribution in [1.29, 1.82) is 0 Å². The van der Waals surface area contributed by atoms with Crippen LogP contribution in [0, 0.1) is 0 Å². The molecule has 0 saturated carbocycles. The number of rotatable bonds is 7. The summed E-state index contributed by atoms with van der Waals surface area (Å²) in [5.74, 6) is -0.907. The Hall–Kier alpha value is -2.93. The molecule has 156 valence electrons. The summed E-state index contributed by atoms with van der Waals surface area (Å²) >= 11 is 1.48. The van der Waals surface area contributed by atoms with Gasteiger partial charge in [-0.1, -0.05) is 19.1 Å². The number of aryl methyl sites for hydroxylation is 1. The van der Waals surface area contributed by atoms with Gasteiger partial charge in [0.25, 0.3) is 0 Å². The van der Waals surface area contributed by atoms with Crippen LogP contribution in [-0.4, -0.2) is 34.4 Å². The SMILES string of the molecule is CCc1ccc(C(=O)O)cc1SNc1cc(-c2cn[nH]c2)ccc1N1CCCCC1. The van der Waals surface area contributed by atoms with Gasteiger partial charge in [0, 0.05) is 29.7 Å². The molecule has 0 amide bonds. The van der Waals surface area contributed by atoms with Gasteiger partial charge < -0.3 is 14.7 Å². The molecule has 30 heavy (non-hydrogen) atoms. The molecule has 6 nitrogen and oxygen atoms in total. The van der Waals surface area contributed by atoms with Crippen LogP contribution in [0.1, 0.15) is 42.1 Å². The maximum Gasteiger partial charge on any atom is 0.335 e. The third-order valence-electron chi connectivity index (χ3n) is 5.49. The van der Waals surface area contributed by atoms with Crippen molar-refractivity contribution in [2.75, 3.05) is 22.7 Å². The predicted octanol–water partition coefficient (Wildman–Crippen LogP) is 5.45. The van der Waals surface area contributed by atoms with Gasteiger partial charge in [-0.05, 0) is 73.0 Å². The number of anilines is 2. The minimum atomic E-state index is -0.907. The standard InChI is InChI=1S/C23H26N4O2S/c1-2-16-6-7-18(23(28)29)13-22(16)30-26-20-12-17(19-14-24-25-15-19)8-9-21(20)27-10-4-3-5-11-27/h6-9,12-15,26H,2-5,10-11H2,1H3,(H,24,25)(H,28,29). The van der Waals surface area contributed by atoms with Gasteiger partial charge in [-0.15, -0.1) is 0 Å². The summed E-state index contributed by atoms with van der Waals surface area (Å²) in [4.78, 5) is 14.8. The fourth-order valence-corrected chi connectivity index (χ4v) is 4.71. The summed E-state index contributed by atoms with van der Waals surface area (Å²) < 4.78 is 3.52. The summed E-state index contributed by atoms with van der Waals surface area (Å²) in [6.45, 7) is 4.19. The van der Waals surface area contributed by atoms with Crippen molar-refractivity contribution in [2.24, 2.45) is 0 Å². The van der Waals surface area contributed by atoms with Crippen molar-refractivity contribution < 1.29 is 9.90 Å². The summed E-state index contributed by atoms with van der Waals surface area (Å²) in [6.07, 6.45) is 8.24. The van der Waals surface area contributed by atoms with Crippen molar-refractivity contribution in [2.45, 2.75) is 37.5 Å². The molecule has 1 aliphatic heterocycles. The molecule has 4 rings (SSSR count). The van der Waals surface area contributed by atoms with Gasteiger partial charge in [0.1, 0.15) is 0 Å². The normalized spacial score (nSPS) is 14.0. The lowest BCUT2D eigenvalue weighted by molar-refractivity contribution is 0.0696. The third kappa shape index (κ3) is 4.46. The molecule has 0 aliphatic carbocycles. The highest BCUT2D eigenvalue weighted by molar-refractivity contribution is 8.00. The first-order chi connectivity index (χ1) is 14.7. The monoisotopic (exact) mass is 422 g/mol. The lowest BCUT2D eigenvalue weighted by Gasteiger charge is -2.31. The minimum absolute atomic E-state index is 0.305. The second-order valence-electron chi connectivity index (χ2n) is 7.45. The van der Waals surface area contributed by atoms with Crippen LogP contribution < -0.4 is 9.62 Å². The molecule has 2 heterocycles. The molecule has 0 atom stereocenters. The van der Waals surface area contributed by atoms with Crippen molar-refractivity contribution in [3.63, 3.8) is 0 Å². The van der Waals surface area contributed by atoms with Crippen LogP contribution >= 0.6 is 11.9 Å². The zero-order valence-corrected chi connectivity index (χ0v) is 17.8. The lowest BCUT2D eigenvalue weighted by atomic mass is 10.1. The number of carbonyl (C=O) groups is 1. The number of carboxylic acid groups (broad SMARTS) is 1. The highest BCUT2D eigenvalue weighted by atomic mass is 32.2. The van der Waals surface area contributed by atoms with Crippen LogP contribution in [0.4, 0.5) is 11.4 Å². The molecule has 1 fully saturated rings. The molecule has 0 radical (unpaired) electrons. The van der Waals surface area contributed by atoms with Gasteiger partial charge in [-0.2, -0.15) is 5.10 Å². The highest BCUT2D eigenvalue weighted by Gasteiger charge is 2.17. The summed E-state index contributed by atoms with van der Waals surface area (Å²) in [7, 11) is 0. The molecular formula is C23H26N4O2S. The first-order valence-electron chi connectivity index (χ1n) is 10.3. The molecule has 0 spiro atoms. The predicted molar refractivity (Wildman–Crippen MR) is 122 cm³/mol. The Bertz CT molecular complexity index is 1010. The zero-order valence-electron chi connectivity index (χ0n) is 17.0. The van der Waals surface area contributed by atoms with Gasteiger partial charge >= 0.3 is 5.97 Å². The summed E-state index contributed by atoms with van der Waals surface area (Å²) in [6, 6.07) is 11.8. The van der Waals surface area contributed by atoms with Crippen molar-refractivity contribution in [3.8, 4) is 11.1 Å². The molecule has 3 N–H and O–H groups in total. The molecule has 3 aromatic rings. The third-order valence-corrected chi connectivity index (χ3v) is 6.41. The van der Waals surface area contributed by atoms with E-state index >= 15 is 0 Å². The van der Waals surface area contributed by atoms with E-state index in [-0.39, 0.29) is 0 Å². The number of nitrogens with zero attached hydrogens (tertiary/aromatic N) is 2. The average molecular weight is 423 g/mol. The molecule has 1 saturated heterocycles. The quantitative estimate of drug-likeness (QED) is 0.440. The fourth-order valence-electron chi connectivity index (χ4n) is 3.80. The molecular weight excluding hydrogens is 396 g/mol. The van der Waals surface area contributed by atoms with Crippen LogP contribution in [0.15, 0.2) is 53.7 Å². The van der Waals surface area contributed by atoms with Crippen LogP contribution in [0.2, 0.25) is 0 Å². The Labute approximate surface area is 180 Å². The Kier molecular flexibility index (Phi) is 6.28. The molecule has 0 unspecified atom stereocenters. The zero-order chi connectivity index (χ0) is 20.9. The fraction of sp³-hybridized carbons (Fsp3) is 0.304. The second kappa shape index (κ2) is 9.26. The summed E-state index contributed by atoms with van der Waals surface area (Å²) in [5.41, 5.74) is 5.77. The van der Waals surface area contributed by atoms with Crippen LogP contribution in [-0.2, 0) is 6.42 Å². The number of hydrogen-bond acceptors (Lipinski definition) is 5. The van der Waals surface area contributed by atoms with E-state index in [2.05, 4.69) is 44.9 Å². The van der Waals surface area contributed by atoms with Gasteiger partial charge in [-0.25, -0.2) is 4.79 Å². The number of aromatic carboxylic acids is 1. The van der Waals surface area contributed by atoms with Crippen LogP contribution in [0.3, 0.4) is 0 Å². The van der Waals surface area contributed by atoms with Gasteiger partial charge in [0.15, 0.2) is 0 Å². The molecule has 0 bridgehead atoms. The van der Waals surface area contributed by atoms with E-state index in [4.69, 9.17) is 0 Å². The number of hydrogen-bond donors (Lipinski definition) is 3. The van der Waals surface area contributed by atoms with E-state index in [1.807, 2.05) is 18.5 Å². The van der Waals surface area contributed by atoms with Crippen molar-refractivity contribution >= 4 is 29.3 Å². The Balaban J connectivity index is 1.65. The van der Waals surface area contributed by atoms with E-state index in [1.54, 1.807) is 12.1 Å². The number of benzene rings is 2. The second-order valence-corrected chi connectivity index (χ2v) is 8.30. The lowest BCUT2D eigenvalue weighted by Crippen LogP contribution is -2.29. The number of nitrogens with one attached hydrogen (secondary N) is 2. The number of aromatic amines is 1. The molecule has 1 aromatic heterocycles. The van der Waals surface area contributed by atoms with E-state index in [0.717, 1.165) is 46.8 Å². The van der Waals surface area contributed by atoms with Gasteiger partial charge in [0.2, 0.25) is 0 Å². The Morgan fingerprint density at radius 1 is 1.17 bits per heavy atom. The number of carboxylic acids is 1. The van der Waals surface area contributed by atoms with Crippen molar-refractivity contribution in [3.05, 3.63) is 59.9 Å². The van der Waals surface area contributed by atoms with E-state index in [9.17, 15) is 9.90 Å².